The van der Waals surface area contributed by atoms with E-state index in [1.165, 1.54) is 12.1 Å². The molecule has 0 saturated heterocycles. The zero-order chi connectivity index (χ0) is 14.5. The number of non-ortho nitro benzene ring substituents is 1. The van der Waals surface area contributed by atoms with E-state index in [0.717, 1.165) is 19.4 Å². The number of hydrogen-bond donors (Lipinski definition) is 1. The largest absolute Gasteiger partial charge is 0.493 e. The first-order chi connectivity index (χ1) is 9.62. The van der Waals surface area contributed by atoms with Gasteiger partial charge in [0.1, 0.15) is 11.5 Å². The molecule has 1 aliphatic carbocycles. The van der Waals surface area contributed by atoms with Crippen LogP contribution >= 0.6 is 0 Å². The van der Waals surface area contributed by atoms with Gasteiger partial charge < -0.3 is 14.8 Å². The normalized spacial score (nSPS) is 21.1. The maximum atomic E-state index is 10.9. The number of rotatable bonds is 7. The van der Waals surface area contributed by atoms with E-state index in [1.807, 2.05) is 14.0 Å². The van der Waals surface area contributed by atoms with E-state index >= 15 is 0 Å². The van der Waals surface area contributed by atoms with Crippen molar-refractivity contribution in [3.63, 3.8) is 0 Å². The zero-order valence-corrected chi connectivity index (χ0v) is 11.8. The summed E-state index contributed by atoms with van der Waals surface area (Å²) in [5.41, 5.74) is -0.00273. The molecule has 0 aromatic heterocycles. The van der Waals surface area contributed by atoms with E-state index in [-0.39, 0.29) is 11.8 Å². The molecule has 0 radical (unpaired) electrons. The highest BCUT2D eigenvalue weighted by Gasteiger charge is 2.30. The minimum absolute atomic E-state index is 0.00273. The van der Waals surface area contributed by atoms with E-state index in [2.05, 4.69) is 5.32 Å². The molecule has 6 nitrogen and oxygen atoms in total. The van der Waals surface area contributed by atoms with Gasteiger partial charge >= 0.3 is 0 Å². The van der Waals surface area contributed by atoms with Gasteiger partial charge in [-0.3, -0.25) is 10.1 Å². The highest BCUT2D eigenvalue weighted by Crippen LogP contribution is 2.34. The summed E-state index contributed by atoms with van der Waals surface area (Å²) in [6.07, 6.45) is 2.10. The van der Waals surface area contributed by atoms with Crippen molar-refractivity contribution in [3.05, 3.63) is 28.3 Å². The van der Waals surface area contributed by atoms with Gasteiger partial charge in [-0.05, 0) is 39.3 Å². The molecule has 0 heterocycles. The van der Waals surface area contributed by atoms with Crippen LogP contribution in [0.15, 0.2) is 18.2 Å². The van der Waals surface area contributed by atoms with Crippen LogP contribution in [-0.2, 0) is 0 Å². The van der Waals surface area contributed by atoms with Gasteiger partial charge in [-0.15, -0.1) is 0 Å². The van der Waals surface area contributed by atoms with E-state index in [9.17, 15) is 10.1 Å². The van der Waals surface area contributed by atoms with Gasteiger partial charge in [-0.1, -0.05) is 0 Å². The van der Waals surface area contributed by atoms with Gasteiger partial charge in [0.2, 0.25) is 0 Å². The van der Waals surface area contributed by atoms with Crippen molar-refractivity contribution >= 4 is 5.69 Å². The van der Waals surface area contributed by atoms with Crippen molar-refractivity contribution in [2.45, 2.75) is 25.9 Å². The first kappa shape index (κ1) is 14.6. The molecule has 1 aromatic rings. The molecule has 110 valence electrons. The summed E-state index contributed by atoms with van der Waals surface area (Å²) in [5, 5.41) is 14.0. The van der Waals surface area contributed by atoms with Crippen LogP contribution < -0.4 is 14.8 Å². The van der Waals surface area contributed by atoms with Crippen LogP contribution in [0.3, 0.4) is 0 Å². The van der Waals surface area contributed by atoms with E-state index < -0.39 is 4.92 Å². The smallest absolute Gasteiger partial charge is 0.276 e. The average Bonchev–Trinajstić information content (AvgIpc) is 2.36. The highest BCUT2D eigenvalue weighted by molar-refractivity contribution is 5.46. The van der Waals surface area contributed by atoms with Crippen molar-refractivity contribution in [2.75, 3.05) is 20.2 Å². The SMILES string of the molecule is CCOc1cc(OC2CC(CNC)C2)cc([N+](=O)[O-])c1. The predicted octanol–water partition coefficient (Wildman–Crippen LogP) is 2.37. The highest BCUT2D eigenvalue weighted by atomic mass is 16.6. The van der Waals surface area contributed by atoms with Crippen LogP contribution in [0.1, 0.15) is 19.8 Å². The first-order valence-electron chi connectivity index (χ1n) is 6.86. The molecule has 1 saturated carbocycles. The topological polar surface area (TPSA) is 73.6 Å². The van der Waals surface area contributed by atoms with Crippen molar-refractivity contribution in [1.82, 2.24) is 5.32 Å². The molecule has 0 atom stereocenters. The fourth-order valence-electron chi connectivity index (χ4n) is 2.40. The molecule has 1 fully saturated rings. The standard InChI is InChI=1S/C14H20N2O4/c1-3-19-12-6-11(16(17)18)7-14(8-12)20-13-4-10(5-13)9-15-2/h6-8,10,13,15H,3-5,9H2,1-2H3. The van der Waals surface area contributed by atoms with Crippen molar-refractivity contribution in [2.24, 2.45) is 5.92 Å². The molecule has 2 rings (SSSR count). The lowest BCUT2D eigenvalue weighted by Crippen LogP contribution is -2.38. The number of nitro groups is 1. The number of ether oxygens (including phenoxy) is 2. The summed E-state index contributed by atoms with van der Waals surface area (Å²) in [6.45, 7) is 3.29. The third kappa shape index (κ3) is 3.60. The van der Waals surface area contributed by atoms with Gasteiger partial charge in [0.15, 0.2) is 0 Å². The zero-order valence-electron chi connectivity index (χ0n) is 11.8. The quantitative estimate of drug-likeness (QED) is 0.613. The molecule has 20 heavy (non-hydrogen) atoms. The molecule has 0 bridgehead atoms. The second-order valence-corrected chi connectivity index (χ2v) is 4.99. The van der Waals surface area contributed by atoms with Gasteiger partial charge in [-0.2, -0.15) is 0 Å². The van der Waals surface area contributed by atoms with Crippen LogP contribution in [0.4, 0.5) is 5.69 Å². The van der Waals surface area contributed by atoms with Crippen molar-refractivity contribution in [3.8, 4) is 11.5 Å². The van der Waals surface area contributed by atoms with Crippen molar-refractivity contribution in [1.29, 1.82) is 0 Å². The first-order valence-corrected chi connectivity index (χ1v) is 6.86. The Kier molecular flexibility index (Phi) is 4.79. The Morgan fingerprint density at radius 2 is 2.05 bits per heavy atom. The number of hydrogen-bond acceptors (Lipinski definition) is 5. The van der Waals surface area contributed by atoms with Crippen LogP contribution in [0.25, 0.3) is 0 Å². The molecule has 1 aliphatic rings. The Hall–Kier alpha value is -1.82. The number of nitrogens with one attached hydrogen (secondary N) is 1. The second kappa shape index (κ2) is 6.56. The molecule has 0 unspecified atom stereocenters. The van der Waals surface area contributed by atoms with Crippen LogP contribution in [-0.4, -0.2) is 31.2 Å². The second-order valence-electron chi connectivity index (χ2n) is 4.99. The maximum absolute atomic E-state index is 10.9. The summed E-state index contributed by atoms with van der Waals surface area (Å²) >= 11 is 0. The Labute approximate surface area is 118 Å². The van der Waals surface area contributed by atoms with E-state index in [1.54, 1.807) is 6.07 Å². The monoisotopic (exact) mass is 280 g/mol. The van der Waals surface area contributed by atoms with E-state index in [4.69, 9.17) is 9.47 Å². The number of nitro benzene ring substituents is 1. The summed E-state index contributed by atoms with van der Waals surface area (Å²) in [7, 11) is 1.93. The van der Waals surface area contributed by atoms with Gasteiger partial charge in [-0.25, -0.2) is 0 Å². The summed E-state index contributed by atoms with van der Waals surface area (Å²) in [5.74, 6) is 1.62. The van der Waals surface area contributed by atoms with Crippen LogP contribution in [0.2, 0.25) is 0 Å². The summed E-state index contributed by atoms with van der Waals surface area (Å²) in [6, 6.07) is 4.58. The average molecular weight is 280 g/mol. The molecule has 6 heteroatoms. The Morgan fingerprint density at radius 1 is 1.35 bits per heavy atom. The third-order valence-electron chi connectivity index (χ3n) is 3.37. The van der Waals surface area contributed by atoms with Crippen molar-refractivity contribution < 1.29 is 14.4 Å². The lowest BCUT2D eigenvalue weighted by atomic mass is 9.82. The van der Waals surface area contributed by atoms with Crippen LogP contribution in [0, 0.1) is 16.0 Å². The minimum atomic E-state index is -0.431. The third-order valence-corrected chi connectivity index (χ3v) is 3.37. The molecular weight excluding hydrogens is 260 g/mol. The summed E-state index contributed by atoms with van der Waals surface area (Å²) in [4.78, 5) is 10.5. The lowest BCUT2D eigenvalue weighted by molar-refractivity contribution is -0.385. The molecule has 0 aliphatic heterocycles. The van der Waals surface area contributed by atoms with Crippen LogP contribution in [0.5, 0.6) is 11.5 Å². The van der Waals surface area contributed by atoms with E-state index in [0.29, 0.717) is 24.0 Å². The maximum Gasteiger partial charge on any atom is 0.276 e. The number of benzene rings is 1. The molecule has 0 spiro atoms. The Balaban J connectivity index is 2.02. The Bertz CT molecular complexity index is 472. The molecule has 0 amide bonds. The van der Waals surface area contributed by atoms with Gasteiger partial charge in [0.25, 0.3) is 5.69 Å². The predicted molar refractivity (Wildman–Crippen MR) is 75.3 cm³/mol. The Morgan fingerprint density at radius 3 is 2.65 bits per heavy atom. The summed E-state index contributed by atoms with van der Waals surface area (Å²) < 4.78 is 11.1. The van der Waals surface area contributed by atoms with Gasteiger partial charge in [0.05, 0.1) is 29.8 Å². The fourth-order valence-corrected chi connectivity index (χ4v) is 2.40. The fraction of sp³-hybridized carbons (Fsp3) is 0.571. The van der Waals surface area contributed by atoms with Gasteiger partial charge in [0, 0.05) is 6.07 Å². The molecule has 1 aromatic carbocycles. The number of nitrogens with zero attached hydrogens (tertiary/aromatic N) is 1. The molecular formula is C14H20N2O4. The minimum Gasteiger partial charge on any atom is -0.493 e. The lowest BCUT2D eigenvalue weighted by Gasteiger charge is -2.35. The molecule has 1 N–H and O–H groups in total.